The predicted molar refractivity (Wildman–Crippen MR) is 88.3 cm³/mol. The molecular weight excluding hydrogens is 333 g/mol. The van der Waals surface area contributed by atoms with E-state index in [0.717, 1.165) is 0 Å². The van der Waals surface area contributed by atoms with Crippen molar-refractivity contribution in [3.63, 3.8) is 0 Å². The molecule has 0 saturated carbocycles. The molecule has 1 atom stereocenters. The van der Waals surface area contributed by atoms with Gasteiger partial charge in [-0.25, -0.2) is 12.8 Å². The molecule has 1 aliphatic heterocycles. The van der Waals surface area contributed by atoms with Crippen LogP contribution in [0.3, 0.4) is 0 Å². The highest BCUT2D eigenvalue weighted by molar-refractivity contribution is 7.91. The van der Waals surface area contributed by atoms with Crippen molar-refractivity contribution in [1.82, 2.24) is 0 Å². The maximum atomic E-state index is 14.1. The molecule has 0 spiro atoms. The minimum absolute atomic E-state index is 0.0181. The van der Waals surface area contributed by atoms with Crippen LogP contribution in [0.2, 0.25) is 0 Å². The normalized spacial score (nSPS) is 19.0. The zero-order valence-corrected chi connectivity index (χ0v) is 13.6. The van der Waals surface area contributed by atoms with Gasteiger partial charge in [-0.2, -0.15) is 0 Å². The van der Waals surface area contributed by atoms with Crippen LogP contribution in [0, 0.1) is 11.7 Å². The van der Waals surface area contributed by atoms with Gasteiger partial charge >= 0.3 is 0 Å². The van der Waals surface area contributed by atoms with Crippen LogP contribution in [0.1, 0.15) is 6.42 Å². The zero-order chi connectivity index (χ0) is 17.2. The van der Waals surface area contributed by atoms with Crippen LogP contribution in [0.4, 0.5) is 10.1 Å². The van der Waals surface area contributed by atoms with E-state index in [1.165, 1.54) is 18.2 Å². The lowest BCUT2D eigenvalue weighted by molar-refractivity contribution is -0.119. The van der Waals surface area contributed by atoms with E-state index in [1.54, 1.807) is 24.3 Å². The van der Waals surface area contributed by atoms with E-state index < -0.39 is 27.5 Å². The molecule has 1 aliphatic rings. The number of nitrogens with one attached hydrogen (secondary N) is 1. The first-order valence-corrected chi connectivity index (χ1v) is 9.29. The van der Waals surface area contributed by atoms with Crippen molar-refractivity contribution in [2.24, 2.45) is 5.92 Å². The van der Waals surface area contributed by atoms with Gasteiger partial charge in [0.15, 0.2) is 21.4 Å². The molecule has 24 heavy (non-hydrogen) atoms. The molecule has 5 nitrogen and oxygen atoms in total. The fraction of sp³-hybridized carbons (Fsp3) is 0.235. The molecule has 1 saturated heterocycles. The van der Waals surface area contributed by atoms with Crippen molar-refractivity contribution in [2.45, 2.75) is 6.42 Å². The average Bonchev–Trinajstić information content (AvgIpc) is 2.92. The number of halogens is 1. The number of ether oxygens (including phenoxy) is 1. The maximum Gasteiger partial charge on any atom is 0.228 e. The van der Waals surface area contributed by atoms with E-state index in [2.05, 4.69) is 5.32 Å². The van der Waals surface area contributed by atoms with Gasteiger partial charge in [-0.05, 0) is 30.7 Å². The summed E-state index contributed by atoms with van der Waals surface area (Å²) in [6.45, 7) is 0. The number of benzene rings is 2. The Morgan fingerprint density at radius 1 is 1.12 bits per heavy atom. The van der Waals surface area contributed by atoms with Crippen molar-refractivity contribution >= 4 is 21.4 Å². The number of amides is 1. The lowest BCUT2D eigenvalue weighted by Gasteiger charge is -2.15. The summed E-state index contributed by atoms with van der Waals surface area (Å²) >= 11 is 0. The van der Waals surface area contributed by atoms with Gasteiger partial charge in [-0.15, -0.1) is 0 Å². The quantitative estimate of drug-likeness (QED) is 0.921. The molecule has 3 rings (SSSR count). The van der Waals surface area contributed by atoms with Gasteiger partial charge in [-0.1, -0.05) is 24.3 Å². The lowest BCUT2D eigenvalue weighted by atomic mass is 10.1. The SMILES string of the molecule is O=C(Nc1c(F)cccc1Oc1ccccc1)[C@H]1CCS(=O)(=O)C1. The first-order valence-electron chi connectivity index (χ1n) is 7.47. The third kappa shape index (κ3) is 3.73. The van der Waals surface area contributed by atoms with Crippen LogP contribution < -0.4 is 10.1 Å². The van der Waals surface area contributed by atoms with Gasteiger partial charge in [0.25, 0.3) is 0 Å². The Hall–Kier alpha value is -2.41. The number of carbonyl (C=O) groups excluding carboxylic acids is 1. The van der Waals surface area contributed by atoms with E-state index in [4.69, 9.17) is 4.74 Å². The van der Waals surface area contributed by atoms with Crippen LogP contribution >= 0.6 is 0 Å². The molecule has 2 aromatic carbocycles. The van der Waals surface area contributed by atoms with Crippen molar-refractivity contribution < 1.29 is 22.3 Å². The Labute approximate surface area is 139 Å². The Morgan fingerprint density at radius 2 is 1.88 bits per heavy atom. The molecular formula is C17H16FNO4S. The molecule has 0 unspecified atom stereocenters. The summed E-state index contributed by atoms with van der Waals surface area (Å²) < 4.78 is 42.7. The van der Waals surface area contributed by atoms with Crippen LogP contribution in [0.25, 0.3) is 0 Å². The van der Waals surface area contributed by atoms with Gasteiger partial charge in [0.05, 0.1) is 17.4 Å². The number of para-hydroxylation sites is 2. The largest absolute Gasteiger partial charge is 0.455 e. The van der Waals surface area contributed by atoms with Crippen LogP contribution in [0.15, 0.2) is 48.5 Å². The number of hydrogen-bond acceptors (Lipinski definition) is 4. The first kappa shape index (κ1) is 16.4. The molecule has 7 heteroatoms. The number of rotatable bonds is 4. The third-order valence-electron chi connectivity index (χ3n) is 3.80. The monoisotopic (exact) mass is 349 g/mol. The maximum absolute atomic E-state index is 14.1. The molecule has 0 aliphatic carbocycles. The minimum atomic E-state index is -3.19. The molecule has 0 aromatic heterocycles. The van der Waals surface area contributed by atoms with E-state index in [-0.39, 0.29) is 29.4 Å². The Bertz CT molecular complexity index is 852. The molecule has 2 aromatic rings. The second-order valence-electron chi connectivity index (χ2n) is 5.62. The highest BCUT2D eigenvalue weighted by Crippen LogP contribution is 2.32. The molecule has 1 N–H and O–H groups in total. The van der Waals surface area contributed by atoms with Crippen LogP contribution in [-0.4, -0.2) is 25.8 Å². The molecule has 0 bridgehead atoms. The second-order valence-corrected chi connectivity index (χ2v) is 7.85. The fourth-order valence-electron chi connectivity index (χ4n) is 2.55. The van der Waals surface area contributed by atoms with Crippen molar-refractivity contribution in [1.29, 1.82) is 0 Å². The molecule has 126 valence electrons. The average molecular weight is 349 g/mol. The highest BCUT2D eigenvalue weighted by Gasteiger charge is 2.33. The Kier molecular flexibility index (Phi) is 4.53. The van der Waals surface area contributed by atoms with E-state index in [1.807, 2.05) is 6.07 Å². The minimum Gasteiger partial charge on any atom is -0.455 e. The van der Waals surface area contributed by atoms with Gasteiger partial charge < -0.3 is 10.1 Å². The fourth-order valence-corrected chi connectivity index (χ4v) is 4.29. The number of hydrogen-bond donors (Lipinski definition) is 1. The van der Waals surface area contributed by atoms with E-state index in [0.29, 0.717) is 5.75 Å². The summed E-state index contributed by atoms with van der Waals surface area (Å²) in [4.78, 5) is 12.3. The van der Waals surface area contributed by atoms with Crippen molar-refractivity contribution in [3.05, 3.63) is 54.3 Å². The van der Waals surface area contributed by atoms with Crippen molar-refractivity contribution in [2.75, 3.05) is 16.8 Å². The molecule has 1 amide bonds. The summed E-state index contributed by atoms with van der Waals surface area (Å²) in [5.41, 5.74) is -0.0874. The zero-order valence-electron chi connectivity index (χ0n) is 12.7. The van der Waals surface area contributed by atoms with E-state index >= 15 is 0 Å². The second kappa shape index (κ2) is 6.60. The van der Waals surface area contributed by atoms with Gasteiger partial charge in [-0.3, -0.25) is 4.79 Å². The smallest absolute Gasteiger partial charge is 0.228 e. The lowest BCUT2D eigenvalue weighted by Crippen LogP contribution is -2.24. The molecule has 0 radical (unpaired) electrons. The molecule has 1 fully saturated rings. The summed E-state index contributed by atoms with van der Waals surface area (Å²) in [7, 11) is -3.19. The summed E-state index contributed by atoms with van der Waals surface area (Å²) in [6, 6.07) is 13.0. The molecule has 1 heterocycles. The third-order valence-corrected chi connectivity index (χ3v) is 5.57. The summed E-state index contributed by atoms with van der Waals surface area (Å²) in [5, 5.41) is 2.48. The van der Waals surface area contributed by atoms with Crippen LogP contribution in [0.5, 0.6) is 11.5 Å². The van der Waals surface area contributed by atoms with Crippen LogP contribution in [-0.2, 0) is 14.6 Å². The summed E-state index contributed by atoms with van der Waals surface area (Å²) in [6.07, 6.45) is 0.248. The van der Waals surface area contributed by atoms with Gasteiger partial charge in [0.1, 0.15) is 11.4 Å². The van der Waals surface area contributed by atoms with Gasteiger partial charge in [0.2, 0.25) is 5.91 Å². The number of carbonyl (C=O) groups is 1. The topological polar surface area (TPSA) is 72.5 Å². The van der Waals surface area contributed by atoms with Crippen molar-refractivity contribution in [3.8, 4) is 11.5 Å². The summed E-state index contributed by atoms with van der Waals surface area (Å²) in [5.74, 6) is -1.38. The van der Waals surface area contributed by atoms with E-state index in [9.17, 15) is 17.6 Å². The standard InChI is InChI=1S/C17H16FNO4S/c18-14-7-4-8-15(23-13-5-2-1-3-6-13)16(14)19-17(20)12-9-10-24(21,22)11-12/h1-8,12H,9-11H2,(H,19,20)/t12-/m0/s1. The van der Waals surface area contributed by atoms with Gasteiger partial charge in [0, 0.05) is 0 Å². The highest BCUT2D eigenvalue weighted by atomic mass is 32.2. The first-order chi connectivity index (χ1) is 11.4. The Morgan fingerprint density at radius 3 is 2.54 bits per heavy atom. The number of sulfone groups is 1. The predicted octanol–water partition coefficient (Wildman–Crippen LogP) is 2.99. The Balaban J connectivity index is 1.81. The number of anilines is 1.